The number of nitrogens with one attached hydrogen (secondary N) is 1. The highest BCUT2D eigenvalue weighted by Crippen LogP contribution is 2.21. The van der Waals surface area contributed by atoms with Gasteiger partial charge in [0.1, 0.15) is 11.8 Å². The van der Waals surface area contributed by atoms with Gasteiger partial charge in [0.25, 0.3) is 0 Å². The quantitative estimate of drug-likeness (QED) is 0.573. The van der Waals surface area contributed by atoms with E-state index in [4.69, 9.17) is 14.9 Å². The number of benzene rings is 1. The number of hydrogen-bond acceptors (Lipinski definition) is 5. The first kappa shape index (κ1) is 19.1. The summed E-state index contributed by atoms with van der Waals surface area (Å²) in [6, 6.07) is 3.55. The number of aryl methyl sites for hydroxylation is 1. The Balaban J connectivity index is 2.66. The van der Waals surface area contributed by atoms with Crippen LogP contribution in [-0.4, -0.2) is 47.0 Å². The van der Waals surface area contributed by atoms with E-state index in [0.717, 1.165) is 5.56 Å². The second-order valence-corrected chi connectivity index (χ2v) is 5.18. The Hall–Kier alpha value is -2.90. The van der Waals surface area contributed by atoms with E-state index < -0.39 is 30.3 Å². The summed E-state index contributed by atoms with van der Waals surface area (Å²) in [5, 5.41) is 19.6. The maximum absolute atomic E-state index is 12.2. The van der Waals surface area contributed by atoms with Crippen LogP contribution < -0.4 is 10.1 Å². The molecule has 0 heterocycles. The highest BCUT2D eigenvalue weighted by molar-refractivity contribution is 6.00. The lowest BCUT2D eigenvalue weighted by atomic mass is 10.0. The third-order valence-corrected chi connectivity index (χ3v) is 3.25. The molecule has 0 radical (unpaired) electrons. The molecule has 0 saturated carbocycles. The average molecular weight is 337 g/mol. The number of carbonyl (C=O) groups is 4. The van der Waals surface area contributed by atoms with Crippen LogP contribution in [0.2, 0.25) is 0 Å². The van der Waals surface area contributed by atoms with Gasteiger partial charge < -0.3 is 20.3 Å². The first-order valence-corrected chi connectivity index (χ1v) is 7.16. The van der Waals surface area contributed by atoms with E-state index in [2.05, 4.69) is 5.32 Å². The third kappa shape index (κ3) is 5.71. The van der Waals surface area contributed by atoms with E-state index in [-0.39, 0.29) is 18.6 Å². The highest BCUT2D eigenvalue weighted by atomic mass is 16.5. The van der Waals surface area contributed by atoms with Crippen molar-refractivity contribution in [3.8, 4) is 5.75 Å². The Kier molecular flexibility index (Phi) is 6.91. The molecule has 1 aromatic carbocycles. The van der Waals surface area contributed by atoms with Gasteiger partial charge in [-0.15, -0.1) is 0 Å². The summed E-state index contributed by atoms with van der Waals surface area (Å²) in [6.45, 7) is 1.81. The summed E-state index contributed by atoms with van der Waals surface area (Å²) in [4.78, 5) is 45.4. The number of amides is 1. The van der Waals surface area contributed by atoms with Crippen LogP contribution in [0.1, 0.15) is 35.2 Å². The molecule has 1 amide bonds. The molecule has 1 atom stereocenters. The van der Waals surface area contributed by atoms with E-state index in [1.54, 1.807) is 18.2 Å². The molecular formula is C16H19NO7. The lowest BCUT2D eigenvalue weighted by molar-refractivity contribution is -0.147. The van der Waals surface area contributed by atoms with Gasteiger partial charge >= 0.3 is 11.9 Å². The van der Waals surface area contributed by atoms with Crippen LogP contribution >= 0.6 is 0 Å². The topological polar surface area (TPSA) is 130 Å². The number of carboxylic acids is 2. The van der Waals surface area contributed by atoms with Crippen LogP contribution in [0, 0.1) is 6.92 Å². The van der Waals surface area contributed by atoms with Crippen molar-refractivity contribution < 1.29 is 34.1 Å². The summed E-state index contributed by atoms with van der Waals surface area (Å²) in [7, 11) is 1.43. The second-order valence-electron chi connectivity index (χ2n) is 5.18. The van der Waals surface area contributed by atoms with E-state index >= 15 is 0 Å². The number of ketones is 1. The van der Waals surface area contributed by atoms with Gasteiger partial charge in [0, 0.05) is 12.8 Å². The molecule has 24 heavy (non-hydrogen) atoms. The third-order valence-electron chi connectivity index (χ3n) is 3.25. The van der Waals surface area contributed by atoms with Crippen molar-refractivity contribution in [1.29, 1.82) is 0 Å². The number of carbonyl (C=O) groups excluding carboxylic acids is 2. The number of ether oxygens (including phenoxy) is 1. The smallest absolute Gasteiger partial charge is 0.326 e. The van der Waals surface area contributed by atoms with Crippen LogP contribution in [0.5, 0.6) is 5.75 Å². The van der Waals surface area contributed by atoms with Crippen molar-refractivity contribution in [1.82, 2.24) is 5.32 Å². The van der Waals surface area contributed by atoms with Crippen molar-refractivity contribution in [2.24, 2.45) is 0 Å². The Labute approximate surface area is 138 Å². The molecule has 1 unspecified atom stereocenters. The molecule has 1 rings (SSSR count). The van der Waals surface area contributed by atoms with Gasteiger partial charge in [-0.05, 0) is 19.1 Å². The predicted octanol–water partition coefficient (Wildman–Crippen LogP) is 1.01. The molecule has 8 nitrogen and oxygen atoms in total. The van der Waals surface area contributed by atoms with Crippen LogP contribution in [0.25, 0.3) is 0 Å². The van der Waals surface area contributed by atoms with Crippen molar-refractivity contribution in [3.63, 3.8) is 0 Å². The lowest BCUT2D eigenvalue weighted by Crippen LogP contribution is -2.42. The van der Waals surface area contributed by atoms with Crippen molar-refractivity contribution in [3.05, 3.63) is 29.3 Å². The van der Waals surface area contributed by atoms with E-state index in [1.165, 1.54) is 7.11 Å². The molecule has 0 aliphatic rings. The van der Waals surface area contributed by atoms with Gasteiger partial charge in [-0.25, -0.2) is 4.79 Å². The monoisotopic (exact) mass is 337 g/mol. The maximum Gasteiger partial charge on any atom is 0.326 e. The molecule has 1 aromatic rings. The van der Waals surface area contributed by atoms with E-state index in [0.29, 0.717) is 11.3 Å². The molecule has 0 aromatic heterocycles. The Bertz CT molecular complexity index is 654. The number of methoxy groups -OCH3 is 1. The second kappa shape index (κ2) is 8.66. The molecule has 0 aliphatic heterocycles. The number of carboxylic acid groups (broad SMARTS) is 2. The van der Waals surface area contributed by atoms with Crippen molar-refractivity contribution >= 4 is 23.6 Å². The number of rotatable bonds is 9. The van der Waals surface area contributed by atoms with Crippen molar-refractivity contribution in [2.75, 3.05) is 7.11 Å². The first-order valence-electron chi connectivity index (χ1n) is 7.16. The van der Waals surface area contributed by atoms with E-state index in [1.807, 2.05) is 6.92 Å². The predicted molar refractivity (Wildman–Crippen MR) is 83.1 cm³/mol. The van der Waals surface area contributed by atoms with Gasteiger partial charge in [0.2, 0.25) is 5.91 Å². The van der Waals surface area contributed by atoms with Crippen LogP contribution in [0.4, 0.5) is 0 Å². The summed E-state index contributed by atoms with van der Waals surface area (Å²) >= 11 is 0. The van der Waals surface area contributed by atoms with Gasteiger partial charge in [-0.3, -0.25) is 14.4 Å². The largest absolute Gasteiger partial charge is 0.496 e. The molecule has 0 aliphatic carbocycles. The van der Waals surface area contributed by atoms with E-state index in [9.17, 15) is 19.2 Å². The molecule has 3 N–H and O–H groups in total. The van der Waals surface area contributed by atoms with Crippen LogP contribution in [-0.2, 0) is 14.4 Å². The maximum atomic E-state index is 12.2. The minimum Gasteiger partial charge on any atom is -0.496 e. The SMILES string of the molecule is COc1ccc(C)cc1C(=O)CCC(=O)NC(CC(=O)O)C(=O)O. The summed E-state index contributed by atoms with van der Waals surface area (Å²) in [5.41, 5.74) is 1.20. The minimum atomic E-state index is -1.53. The number of hydrogen-bond donors (Lipinski definition) is 3. The van der Waals surface area contributed by atoms with Gasteiger partial charge in [-0.1, -0.05) is 11.6 Å². The lowest BCUT2D eigenvalue weighted by Gasteiger charge is -2.12. The molecule has 0 fully saturated rings. The highest BCUT2D eigenvalue weighted by Gasteiger charge is 2.23. The summed E-state index contributed by atoms with van der Waals surface area (Å²) in [6.07, 6.45) is -1.13. The Morgan fingerprint density at radius 2 is 1.83 bits per heavy atom. The number of Topliss-reactive ketones (excluding diaryl/α,β-unsaturated/α-hetero) is 1. The fourth-order valence-electron chi connectivity index (χ4n) is 2.04. The molecule has 0 bridgehead atoms. The molecule has 130 valence electrons. The Morgan fingerprint density at radius 3 is 2.38 bits per heavy atom. The van der Waals surface area contributed by atoms with Crippen LogP contribution in [0.15, 0.2) is 18.2 Å². The van der Waals surface area contributed by atoms with Gasteiger partial charge in [0.05, 0.1) is 19.1 Å². The zero-order valence-electron chi connectivity index (χ0n) is 13.4. The molecule has 0 spiro atoms. The molecular weight excluding hydrogens is 318 g/mol. The normalized spacial score (nSPS) is 11.4. The summed E-state index contributed by atoms with van der Waals surface area (Å²) in [5.74, 6) is -3.43. The standard InChI is InChI=1S/C16H19NO7/c1-9-3-5-13(24-2)10(7-9)12(18)4-6-14(19)17-11(16(22)23)8-15(20)21/h3,5,7,11H,4,6,8H2,1-2H3,(H,17,19)(H,20,21)(H,22,23). The minimum absolute atomic E-state index is 0.148. The Morgan fingerprint density at radius 1 is 1.17 bits per heavy atom. The van der Waals surface area contributed by atoms with Crippen molar-refractivity contribution in [2.45, 2.75) is 32.2 Å². The van der Waals surface area contributed by atoms with Crippen LogP contribution in [0.3, 0.4) is 0 Å². The summed E-state index contributed by atoms with van der Waals surface area (Å²) < 4.78 is 5.10. The average Bonchev–Trinajstić information content (AvgIpc) is 2.51. The fourth-order valence-corrected chi connectivity index (χ4v) is 2.04. The zero-order valence-corrected chi connectivity index (χ0v) is 13.4. The fraction of sp³-hybridized carbons (Fsp3) is 0.375. The zero-order chi connectivity index (χ0) is 18.3. The first-order chi connectivity index (χ1) is 11.2. The van der Waals surface area contributed by atoms with Gasteiger partial charge in [0.15, 0.2) is 5.78 Å². The molecule has 8 heteroatoms. The number of aliphatic carboxylic acids is 2. The van der Waals surface area contributed by atoms with Gasteiger partial charge in [-0.2, -0.15) is 0 Å². The molecule has 0 saturated heterocycles.